The molecule has 0 radical (unpaired) electrons. The lowest BCUT2D eigenvalue weighted by molar-refractivity contribution is -0.195. The lowest BCUT2D eigenvalue weighted by Crippen LogP contribution is -2.51. The molecule has 102 heavy (non-hydrogen) atoms. The van der Waals surface area contributed by atoms with Gasteiger partial charge in [-0.25, -0.2) is 24.4 Å². The summed E-state index contributed by atoms with van der Waals surface area (Å²) in [5.41, 5.74) is 4.52. The molecule has 6 aromatic rings. The van der Waals surface area contributed by atoms with Gasteiger partial charge in [0, 0.05) is 112 Å². The van der Waals surface area contributed by atoms with Crippen molar-refractivity contribution in [1.29, 1.82) is 0 Å². The molecule has 4 aliphatic carbocycles. The number of likely N-dealkylation sites (N-methyl/N-ethyl adjacent to an activating group) is 1. The molecular weight excluding hydrogens is 1360 g/mol. The van der Waals surface area contributed by atoms with Crippen LogP contribution in [0.5, 0.6) is 11.5 Å². The van der Waals surface area contributed by atoms with Gasteiger partial charge >= 0.3 is 18.0 Å². The molecular formula is C70H80N10O20S2. The van der Waals surface area contributed by atoms with Crippen molar-refractivity contribution < 1.29 is 95.1 Å². The number of imide groups is 1. The van der Waals surface area contributed by atoms with Gasteiger partial charge in [-0.15, -0.1) is 0 Å². The van der Waals surface area contributed by atoms with E-state index < -0.39 is 94.1 Å². The van der Waals surface area contributed by atoms with Crippen LogP contribution in [0.1, 0.15) is 108 Å². The standard InChI is InChI=1S/C70H80N10O20S2/c1-41-48(46-14-15-55(75-60(46)64(89)90)78-21-18-42-8-7-9-47(49(42)32-78)61(85)76-65-74-50-10-5-6-11-54(50)101-65)31-72-80(41)40-69-36-67(2)35-68(69,3)38-70(37-67,39-69)98-25-23-77(4)66(91)97-33-43-12-13-45(99-59-29-44(81)28-53(100-59)63(87)88)30-52(43)96-27-26-95-24-20-71-62(86)51(34-102(92,93)94)73-56(82)19-22-79-57(83)16-17-58(79)84/h5-17,30-31,44,51,53,59,81H,18-29,32-40H2,1-4H3,(H,71,86)(H,73,82)(H,87,88)(H,89,90)(H,74,76,85)(H,92,93,94)/t44-,51-,53-,59+,67?,68?,69?,70?/m0/s1. The molecule has 6 amide bonds. The monoisotopic (exact) mass is 1440 g/mol. The lowest BCUT2D eigenvalue weighted by atomic mass is 9.65. The summed E-state index contributed by atoms with van der Waals surface area (Å²) in [7, 11) is -3.17. The first kappa shape index (κ1) is 72.4. The summed E-state index contributed by atoms with van der Waals surface area (Å²) in [6.45, 7) is 7.36. The van der Waals surface area contributed by atoms with Gasteiger partial charge in [-0.2, -0.15) is 13.5 Å². The van der Waals surface area contributed by atoms with Crippen molar-refractivity contribution in [3.05, 3.63) is 125 Å². The maximum absolute atomic E-state index is 13.8. The zero-order valence-electron chi connectivity index (χ0n) is 56.6. The molecule has 7 aliphatic rings. The van der Waals surface area contributed by atoms with Gasteiger partial charge < -0.3 is 64.2 Å². The minimum Gasteiger partial charge on any atom is -0.491 e. The summed E-state index contributed by atoms with van der Waals surface area (Å²) in [6.07, 6.45) is 4.00. The predicted molar refractivity (Wildman–Crippen MR) is 366 cm³/mol. The first-order chi connectivity index (χ1) is 48.6. The van der Waals surface area contributed by atoms with Gasteiger partial charge in [0.25, 0.3) is 27.8 Å². The number of ether oxygens (including phenoxy) is 6. The second-order valence-electron chi connectivity index (χ2n) is 27.7. The molecule has 542 valence electrons. The Bertz CT molecular complexity index is 4380. The molecule has 5 fully saturated rings. The summed E-state index contributed by atoms with van der Waals surface area (Å²) in [4.78, 5) is 115. The number of benzene rings is 3. The third kappa shape index (κ3) is 16.1. The van der Waals surface area contributed by atoms with E-state index in [2.05, 4.69) is 34.8 Å². The summed E-state index contributed by atoms with van der Waals surface area (Å²) >= 11 is 1.40. The molecule has 3 aromatic carbocycles. The van der Waals surface area contributed by atoms with E-state index in [1.807, 2.05) is 59.0 Å². The number of carboxylic acids is 2. The molecule has 30 nitrogen and oxygen atoms in total. The van der Waals surface area contributed by atoms with Crippen LogP contribution >= 0.6 is 11.3 Å². The van der Waals surface area contributed by atoms with Crippen molar-refractivity contribution in [3.8, 4) is 22.6 Å². The zero-order valence-corrected chi connectivity index (χ0v) is 58.2. The number of aliphatic hydroxyl groups is 1. The number of rotatable bonds is 30. The number of carbonyl (C=O) groups is 8. The normalized spacial score (nSPS) is 23.6. The van der Waals surface area contributed by atoms with E-state index in [0.29, 0.717) is 59.3 Å². The Hall–Kier alpha value is -9.44. The SMILES string of the molecule is Cc1c(-c2ccc(N3CCc4cccc(C(=O)Nc5nc6ccccc6s5)c4C3)nc2C(=O)O)cnn1CC12CC3(C)CC(OCCN(C)C(=O)OCc4ccc(O[C@H]5C[C@@H](O)C[C@@H](C(=O)O)O5)cc4OCCOCCNC(=O)[C@H](CS(=O)(=O)O)NC(=O)CCN4C(=O)C=CC4=O)(CC1(C)C3)C2. The Morgan fingerprint density at radius 1 is 0.892 bits per heavy atom. The molecule has 1 saturated heterocycles. The van der Waals surface area contributed by atoms with Gasteiger partial charge in [-0.1, -0.05) is 49.4 Å². The average Bonchev–Trinajstić information content (AvgIpc) is 1.50. The molecule has 13 rings (SSSR count). The first-order valence-corrected chi connectivity index (χ1v) is 35.9. The molecule has 6 heterocycles. The minimum absolute atomic E-state index is 0.0253. The number of aromatic carboxylic acids is 1. The zero-order chi connectivity index (χ0) is 72.5. The fraction of sp³-hybridized carbons (Fsp3) is 0.471. The maximum Gasteiger partial charge on any atom is 0.409 e. The lowest BCUT2D eigenvalue weighted by Gasteiger charge is -2.46. The molecule has 8 atom stereocenters. The van der Waals surface area contributed by atoms with Crippen LogP contribution in [0.2, 0.25) is 0 Å². The molecule has 4 unspecified atom stereocenters. The highest BCUT2D eigenvalue weighted by atomic mass is 32.2. The van der Waals surface area contributed by atoms with Gasteiger partial charge in [0.2, 0.25) is 18.1 Å². The van der Waals surface area contributed by atoms with E-state index in [0.717, 1.165) is 76.2 Å². The van der Waals surface area contributed by atoms with E-state index in [4.69, 9.17) is 38.5 Å². The second-order valence-corrected chi connectivity index (χ2v) is 30.2. The van der Waals surface area contributed by atoms with E-state index in [-0.39, 0.29) is 105 Å². The fourth-order valence-corrected chi connectivity index (χ4v) is 17.4. The maximum atomic E-state index is 13.8. The number of fused-ring (bicyclic) bond motifs is 2. The Morgan fingerprint density at radius 2 is 1.69 bits per heavy atom. The highest BCUT2D eigenvalue weighted by Gasteiger charge is 2.74. The minimum atomic E-state index is -4.77. The van der Waals surface area contributed by atoms with E-state index >= 15 is 0 Å². The number of pyridine rings is 1. The van der Waals surface area contributed by atoms with Crippen molar-refractivity contribution >= 4 is 90.2 Å². The second kappa shape index (κ2) is 29.5. The first-order valence-electron chi connectivity index (χ1n) is 33.5. The van der Waals surface area contributed by atoms with Gasteiger partial charge in [0.15, 0.2) is 16.9 Å². The van der Waals surface area contributed by atoms with Crippen LogP contribution in [-0.2, 0) is 79.2 Å². The Labute approximate surface area is 590 Å². The molecule has 32 heteroatoms. The van der Waals surface area contributed by atoms with Crippen LogP contribution in [0.15, 0.2) is 91.1 Å². The number of aliphatic hydroxyl groups excluding tert-OH is 1. The summed E-state index contributed by atoms with van der Waals surface area (Å²) in [5, 5.41) is 43.8. The number of carbonyl (C=O) groups excluding carboxylic acids is 6. The number of aliphatic carboxylic acids is 1. The van der Waals surface area contributed by atoms with Gasteiger partial charge in [0.05, 0.1) is 47.9 Å². The number of nitrogens with zero attached hydrogens (tertiary/aromatic N) is 7. The summed E-state index contributed by atoms with van der Waals surface area (Å²) in [5.74, 6) is -6.20. The largest absolute Gasteiger partial charge is 0.491 e. The Morgan fingerprint density at radius 3 is 2.45 bits per heavy atom. The highest BCUT2D eigenvalue weighted by molar-refractivity contribution is 7.85. The number of hydrogen-bond donors (Lipinski definition) is 7. The molecule has 0 spiro atoms. The summed E-state index contributed by atoms with van der Waals surface area (Å²) in [6, 6.07) is 19.8. The van der Waals surface area contributed by atoms with E-state index in [9.17, 15) is 66.6 Å². The van der Waals surface area contributed by atoms with Crippen LogP contribution < -0.4 is 30.3 Å². The highest BCUT2D eigenvalue weighted by Crippen LogP contribution is 2.78. The number of hydrogen-bond acceptors (Lipinski definition) is 22. The van der Waals surface area contributed by atoms with Crippen molar-refractivity contribution in [1.82, 2.24) is 40.2 Å². The van der Waals surface area contributed by atoms with Crippen LogP contribution in [0.4, 0.5) is 15.7 Å². The van der Waals surface area contributed by atoms with Crippen LogP contribution in [0.3, 0.4) is 0 Å². The summed E-state index contributed by atoms with van der Waals surface area (Å²) < 4.78 is 71.9. The average molecular weight is 1450 g/mol. The fourth-order valence-electron chi connectivity index (χ4n) is 15.9. The van der Waals surface area contributed by atoms with Crippen molar-refractivity contribution in [2.75, 3.05) is 75.6 Å². The van der Waals surface area contributed by atoms with E-state index in [1.165, 1.54) is 28.4 Å². The smallest absolute Gasteiger partial charge is 0.409 e. The molecule has 4 bridgehead atoms. The molecule has 3 aliphatic heterocycles. The number of carboxylic acid groups (broad SMARTS) is 2. The van der Waals surface area contributed by atoms with Gasteiger partial charge in [0.1, 0.15) is 42.3 Å². The number of nitrogens with one attached hydrogen (secondary N) is 3. The molecule has 7 N–H and O–H groups in total. The van der Waals surface area contributed by atoms with Crippen molar-refractivity contribution in [3.63, 3.8) is 0 Å². The van der Waals surface area contributed by atoms with Gasteiger partial charge in [-0.3, -0.25) is 43.4 Å². The van der Waals surface area contributed by atoms with Crippen LogP contribution in [-0.4, -0.2) is 201 Å². The number of para-hydroxylation sites is 1. The number of anilines is 2. The number of amides is 6. The van der Waals surface area contributed by atoms with Crippen molar-refractivity contribution in [2.24, 2.45) is 16.2 Å². The van der Waals surface area contributed by atoms with Crippen LogP contribution in [0, 0.1) is 23.2 Å². The number of aromatic nitrogens is 4. The van der Waals surface area contributed by atoms with Crippen molar-refractivity contribution in [2.45, 2.75) is 128 Å². The Balaban J connectivity index is 0.644. The predicted octanol–water partition coefficient (Wildman–Crippen LogP) is 5.92. The quantitative estimate of drug-likeness (QED) is 0.0156. The number of thiazole rings is 1. The van der Waals surface area contributed by atoms with Crippen LogP contribution in [0.25, 0.3) is 21.3 Å². The Kier molecular flexibility index (Phi) is 20.9. The van der Waals surface area contributed by atoms with E-state index in [1.54, 1.807) is 31.4 Å². The third-order valence-corrected chi connectivity index (χ3v) is 21.8. The third-order valence-electron chi connectivity index (χ3n) is 20.1. The topological polar surface area (TPSA) is 396 Å². The molecule has 4 saturated carbocycles. The van der Waals surface area contributed by atoms with Gasteiger partial charge in [-0.05, 0) is 115 Å². The molecule has 3 aromatic heterocycles.